The van der Waals surface area contributed by atoms with Crippen LogP contribution in [0.2, 0.25) is 5.02 Å². The third-order valence-electron chi connectivity index (χ3n) is 17.2. The van der Waals surface area contributed by atoms with Crippen molar-refractivity contribution in [3.8, 4) is 39.5 Å². The van der Waals surface area contributed by atoms with Gasteiger partial charge in [-0.3, -0.25) is 37.8 Å². The Labute approximate surface area is 600 Å². The maximum atomic E-state index is 14.3. The zero-order valence-corrected chi connectivity index (χ0v) is 62.3. The number of alkyl carbamates (subject to hydrolysis) is 1. The molecule has 0 unspecified atom stereocenters. The standard InChI is InChI=1S/C70H88ClN9O18P2S2/c1-8-95-99(84,96-9-2)34-27-73-68(81)64(47-102(88,89)90)74-39-52-36-62(71)67(37-66(52)91-42-50-35-54(40-72-38-50)101(7,86)87)92-43-51-19-16-24-55(48(51)5)56-25-17-26-65(49(56)6)93-44-53-41-80(77-76-53)29-18-28-78-30-32-79(33-31-78)69(82)63(46-100(85,97-10-3)98-11-4)75-70(83)94-45-61-59-22-14-12-20-57(59)58-21-13-15-23-60(58)61/h12-17,19-26,35-38,40-41,61,63-64,74H,8-11,18,27-34,39,42-47H2,1-7H3,(H,73,81)(H,75,83)(H,88,89,90)/t63-,64-/m0/s1. The number of piperazine rings is 1. The predicted molar refractivity (Wildman–Crippen MR) is 384 cm³/mol. The summed E-state index contributed by atoms with van der Waals surface area (Å²) in [6.45, 7) is 13.8. The normalized spacial score (nSPS) is 14.2. The van der Waals surface area contributed by atoms with E-state index in [-0.39, 0.29) is 106 Å². The molecular weight excluding hydrogens is 1420 g/mol. The van der Waals surface area contributed by atoms with Crippen LogP contribution in [0.4, 0.5) is 4.79 Å². The Morgan fingerprint density at radius 1 is 0.686 bits per heavy atom. The topological polar surface area (TPSA) is 334 Å². The average Bonchev–Trinajstić information content (AvgIpc) is 1.60. The number of hydrogen-bond acceptors (Lipinski definition) is 22. The molecule has 550 valence electrons. The zero-order valence-electron chi connectivity index (χ0n) is 58.1. The van der Waals surface area contributed by atoms with Crippen LogP contribution in [-0.4, -0.2) is 178 Å². The number of nitrogens with one attached hydrogen (secondary N) is 3. The summed E-state index contributed by atoms with van der Waals surface area (Å²) in [4.78, 5) is 49.3. The van der Waals surface area contributed by atoms with Gasteiger partial charge in [-0.1, -0.05) is 95.7 Å². The molecule has 1 aliphatic heterocycles. The summed E-state index contributed by atoms with van der Waals surface area (Å²) in [5.41, 5.74) is 10.0. The van der Waals surface area contributed by atoms with Crippen LogP contribution in [0, 0.1) is 13.8 Å². The fraction of sp³-hybridized carbons (Fsp3) is 0.429. The number of carbonyl (C=O) groups excluding carboxylic acids is 3. The highest BCUT2D eigenvalue weighted by Crippen LogP contribution is 2.50. The van der Waals surface area contributed by atoms with E-state index in [4.69, 9.17) is 48.6 Å². The first kappa shape index (κ1) is 78.5. The Morgan fingerprint density at radius 2 is 1.30 bits per heavy atom. The molecule has 0 saturated carbocycles. The van der Waals surface area contributed by atoms with Crippen molar-refractivity contribution >= 4 is 64.7 Å². The molecule has 27 nitrogen and oxygen atoms in total. The largest absolute Gasteiger partial charge is 0.488 e. The Morgan fingerprint density at radius 3 is 1.96 bits per heavy atom. The summed E-state index contributed by atoms with van der Waals surface area (Å²) in [6, 6.07) is 29.3. The zero-order chi connectivity index (χ0) is 73.2. The van der Waals surface area contributed by atoms with Crippen molar-refractivity contribution in [3.63, 3.8) is 0 Å². The molecule has 32 heteroatoms. The van der Waals surface area contributed by atoms with Gasteiger partial charge in [0.25, 0.3) is 10.1 Å². The number of amides is 3. The molecule has 4 N–H and O–H groups in total. The summed E-state index contributed by atoms with van der Waals surface area (Å²) in [6.07, 6.45) is 4.93. The molecule has 1 saturated heterocycles. The van der Waals surface area contributed by atoms with Crippen molar-refractivity contribution in [2.75, 3.05) is 96.6 Å². The van der Waals surface area contributed by atoms with Crippen LogP contribution in [0.25, 0.3) is 22.3 Å². The fourth-order valence-corrected chi connectivity index (χ4v) is 17.0. The molecule has 1 aliphatic carbocycles. The fourth-order valence-electron chi connectivity index (χ4n) is 12.1. The van der Waals surface area contributed by atoms with E-state index in [1.165, 1.54) is 30.6 Å². The number of sulfone groups is 1. The average molecular weight is 1510 g/mol. The number of benzene rings is 5. The van der Waals surface area contributed by atoms with Crippen LogP contribution >= 0.6 is 26.8 Å². The third kappa shape index (κ3) is 21.5. The summed E-state index contributed by atoms with van der Waals surface area (Å²) in [5.74, 6) is -1.46. The number of aromatic nitrogens is 4. The maximum absolute atomic E-state index is 14.3. The number of fused-ring (bicyclic) bond motifs is 3. The molecule has 3 heterocycles. The minimum atomic E-state index is -4.72. The van der Waals surface area contributed by atoms with Crippen molar-refractivity contribution in [2.24, 2.45) is 0 Å². The lowest BCUT2D eigenvalue weighted by Gasteiger charge is -2.36. The van der Waals surface area contributed by atoms with Crippen LogP contribution in [0.15, 0.2) is 127 Å². The quantitative estimate of drug-likeness (QED) is 0.0206. The first-order valence-corrected chi connectivity index (χ1v) is 40.9. The smallest absolute Gasteiger partial charge is 0.407 e. The Hall–Kier alpha value is -7.63. The number of pyridine rings is 1. The van der Waals surface area contributed by atoms with Crippen molar-refractivity contribution < 1.29 is 81.9 Å². The molecular formula is C70H88ClN9O18P2S2. The van der Waals surface area contributed by atoms with Crippen LogP contribution in [0.1, 0.15) is 84.7 Å². The lowest BCUT2D eigenvalue weighted by Crippen LogP contribution is -2.56. The van der Waals surface area contributed by atoms with Gasteiger partial charge in [0.15, 0.2) is 9.84 Å². The summed E-state index contributed by atoms with van der Waals surface area (Å²) in [5, 5.41) is 17.0. The lowest BCUT2D eigenvalue weighted by molar-refractivity contribution is -0.134. The number of rotatable bonds is 38. The van der Waals surface area contributed by atoms with Crippen LogP contribution in [0.3, 0.4) is 0 Å². The van der Waals surface area contributed by atoms with Crippen molar-refractivity contribution in [2.45, 2.75) is 104 Å². The van der Waals surface area contributed by atoms with Gasteiger partial charge in [0.05, 0.1) is 60.6 Å². The first-order valence-electron chi connectivity index (χ1n) is 33.6. The summed E-state index contributed by atoms with van der Waals surface area (Å²) < 4.78 is 134. The van der Waals surface area contributed by atoms with Gasteiger partial charge in [0.2, 0.25) is 11.8 Å². The van der Waals surface area contributed by atoms with Crippen molar-refractivity contribution in [1.82, 2.24) is 45.7 Å². The van der Waals surface area contributed by atoms with E-state index in [9.17, 15) is 44.9 Å². The molecule has 3 amide bonds. The number of nitrogens with zero attached hydrogens (tertiary/aromatic N) is 6. The first-order chi connectivity index (χ1) is 48.8. The van der Waals surface area contributed by atoms with Crippen LogP contribution < -0.4 is 30.2 Å². The monoisotopic (exact) mass is 1500 g/mol. The van der Waals surface area contributed by atoms with Gasteiger partial charge in [-0.2, -0.15) is 8.42 Å². The highest BCUT2D eigenvalue weighted by molar-refractivity contribution is 7.90. The van der Waals surface area contributed by atoms with Gasteiger partial charge in [-0.25, -0.2) is 13.2 Å². The molecule has 9 rings (SSSR count). The van der Waals surface area contributed by atoms with Gasteiger partial charge >= 0.3 is 21.3 Å². The maximum Gasteiger partial charge on any atom is 0.407 e. The Kier molecular flexibility index (Phi) is 27.9. The highest BCUT2D eigenvalue weighted by Gasteiger charge is 2.38. The van der Waals surface area contributed by atoms with Gasteiger partial charge in [0.1, 0.15) is 61.5 Å². The molecule has 5 aromatic carbocycles. The summed E-state index contributed by atoms with van der Waals surface area (Å²) in [7, 11) is -15.7. The van der Waals surface area contributed by atoms with Gasteiger partial charge in [-0.15, -0.1) is 5.10 Å². The number of aryl methyl sites for hydroxylation is 1. The molecule has 2 atom stereocenters. The van der Waals surface area contributed by atoms with E-state index in [2.05, 4.69) is 36.1 Å². The van der Waals surface area contributed by atoms with Gasteiger partial charge in [0, 0.05) is 94.1 Å². The van der Waals surface area contributed by atoms with Crippen molar-refractivity contribution in [3.05, 3.63) is 171 Å². The molecule has 1 fully saturated rings. The van der Waals surface area contributed by atoms with E-state index in [0.29, 0.717) is 55.3 Å². The Balaban J connectivity index is 0.788. The number of carbonyl (C=O) groups is 3. The van der Waals surface area contributed by atoms with Crippen LogP contribution in [0.5, 0.6) is 17.2 Å². The number of ether oxygens (including phenoxy) is 4. The lowest BCUT2D eigenvalue weighted by atomic mass is 9.93. The SMILES string of the molecule is CCOP(=O)(CCNC(=O)[C@H](CS(=O)(=O)O)NCc1cc(Cl)c(OCc2cccc(-c3cccc(OCc4cn(CCCN5CCN(C(=O)[C@H](CP(=O)(OCC)OCC)NC(=O)OCC6c7ccccc7-c7ccccc76)CC5)nn4)c3C)c2C)cc1OCc1cncc(S(C)(=O)=O)c1)OCC. The molecule has 7 aromatic rings. The molecule has 2 aliphatic rings. The van der Waals surface area contributed by atoms with E-state index >= 15 is 0 Å². The van der Waals surface area contributed by atoms with Gasteiger partial charge < -0.3 is 57.9 Å². The van der Waals surface area contributed by atoms with E-state index in [1.54, 1.807) is 37.3 Å². The van der Waals surface area contributed by atoms with Crippen LogP contribution in [-0.2, 0) is 94.4 Å². The summed E-state index contributed by atoms with van der Waals surface area (Å²) >= 11 is 6.91. The third-order valence-corrected chi connectivity index (χ3v) is 23.5. The molecule has 102 heavy (non-hydrogen) atoms. The van der Waals surface area contributed by atoms with E-state index in [1.807, 2.05) is 105 Å². The second kappa shape index (κ2) is 36.2. The molecule has 0 bridgehead atoms. The predicted octanol–water partition coefficient (Wildman–Crippen LogP) is 10.2. The van der Waals surface area contributed by atoms with E-state index in [0.717, 1.165) is 69.3 Å². The Bertz CT molecular complexity index is 4350. The minimum Gasteiger partial charge on any atom is -0.488 e. The van der Waals surface area contributed by atoms with Gasteiger partial charge in [-0.05, 0) is 116 Å². The molecule has 0 spiro atoms. The van der Waals surface area contributed by atoms with E-state index < -0.39 is 70.9 Å². The highest BCUT2D eigenvalue weighted by atomic mass is 35.5. The number of halogens is 1. The molecule has 0 radical (unpaired) electrons. The van der Waals surface area contributed by atoms with Crippen molar-refractivity contribution in [1.29, 1.82) is 0 Å². The second-order valence-corrected chi connectivity index (χ2v) is 32.6. The minimum absolute atomic E-state index is 0.0318. The molecule has 2 aromatic heterocycles. The second-order valence-electron chi connectivity index (χ2n) is 24.4. The number of hydrogen-bond donors (Lipinski definition) is 4.